The number of likely N-dealkylation sites (tertiary alicyclic amines) is 1. The van der Waals surface area contributed by atoms with Crippen LogP contribution in [0.5, 0.6) is 0 Å². The first-order chi connectivity index (χ1) is 12.0. The number of hydrogen-bond acceptors (Lipinski definition) is 6. The second kappa shape index (κ2) is 6.20. The van der Waals surface area contributed by atoms with Gasteiger partial charge in [-0.1, -0.05) is 12.1 Å². The van der Waals surface area contributed by atoms with Gasteiger partial charge < -0.3 is 10.6 Å². The lowest BCUT2D eigenvalue weighted by atomic mass is 9.98. The SMILES string of the molecule is NC1CCC2CN(C(=O)c3csc(-c4cccc([N+](=O)[O-])c4)n3)CC12. The molecule has 0 bridgehead atoms. The highest BCUT2D eigenvalue weighted by atomic mass is 32.1. The minimum Gasteiger partial charge on any atom is -0.337 e. The summed E-state index contributed by atoms with van der Waals surface area (Å²) in [6, 6.07) is 6.50. The molecule has 2 fully saturated rings. The first kappa shape index (κ1) is 16.2. The van der Waals surface area contributed by atoms with Crippen molar-refractivity contribution in [2.75, 3.05) is 13.1 Å². The molecule has 1 saturated carbocycles. The molecule has 1 aromatic heterocycles. The summed E-state index contributed by atoms with van der Waals surface area (Å²) >= 11 is 1.33. The number of nitrogens with two attached hydrogens (primary N) is 1. The molecule has 0 radical (unpaired) electrons. The van der Waals surface area contributed by atoms with Gasteiger partial charge in [-0.3, -0.25) is 14.9 Å². The van der Waals surface area contributed by atoms with Crippen LogP contribution in [0.4, 0.5) is 5.69 Å². The Hall–Kier alpha value is -2.32. The number of aromatic nitrogens is 1. The van der Waals surface area contributed by atoms with Crippen LogP contribution in [-0.4, -0.2) is 39.8 Å². The summed E-state index contributed by atoms with van der Waals surface area (Å²) in [5, 5.41) is 13.3. The molecule has 2 aliphatic rings. The molecule has 8 heteroatoms. The maximum absolute atomic E-state index is 12.7. The second-order valence-electron chi connectivity index (χ2n) is 6.72. The summed E-state index contributed by atoms with van der Waals surface area (Å²) in [6.45, 7) is 1.45. The Kier molecular flexibility index (Phi) is 4.01. The van der Waals surface area contributed by atoms with Gasteiger partial charge in [-0.05, 0) is 24.7 Å². The number of non-ortho nitro benzene ring substituents is 1. The van der Waals surface area contributed by atoms with Crippen molar-refractivity contribution < 1.29 is 9.72 Å². The van der Waals surface area contributed by atoms with Gasteiger partial charge in [0.25, 0.3) is 11.6 Å². The molecule has 1 aliphatic carbocycles. The van der Waals surface area contributed by atoms with E-state index in [1.165, 1.54) is 23.5 Å². The van der Waals surface area contributed by atoms with Crippen LogP contribution in [0, 0.1) is 22.0 Å². The van der Waals surface area contributed by atoms with Crippen molar-refractivity contribution in [2.45, 2.75) is 18.9 Å². The Morgan fingerprint density at radius 1 is 1.36 bits per heavy atom. The van der Waals surface area contributed by atoms with E-state index in [2.05, 4.69) is 4.98 Å². The highest BCUT2D eigenvalue weighted by Gasteiger charge is 2.42. The normalized spacial score (nSPS) is 25.2. The van der Waals surface area contributed by atoms with Gasteiger partial charge in [-0.15, -0.1) is 11.3 Å². The first-order valence-electron chi connectivity index (χ1n) is 8.28. The molecule has 1 saturated heterocycles. The predicted molar refractivity (Wildman–Crippen MR) is 94.3 cm³/mol. The molecular formula is C17H18N4O3S. The lowest BCUT2D eigenvalue weighted by Gasteiger charge is -2.17. The summed E-state index contributed by atoms with van der Waals surface area (Å²) in [5.74, 6) is 0.835. The maximum atomic E-state index is 12.7. The quantitative estimate of drug-likeness (QED) is 0.671. The van der Waals surface area contributed by atoms with E-state index in [1.54, 1.807) is 17.5 Å². The van der Waals surface area contributed by atoms with E-state index in [9.17, 15) is 14.9 Å². The van der Waals surface area contributed by atoms with Gasteiger partial charge in [0.15, 0.2) is 0 Å². The summed E-state index contributed by atoms with van der Waals surface area (Å²) in [7, 11) is 0. The van der Waals surface area contributed by atoms with E-state index in [4.69, 9.17) is 5.73 Å². The van der Waals surface area contributed by atoms with Crippen molar-refractivity contribution in [3.05, 3.63) is 45.5 Å². The third-order valence-corrected chi connectivity index (χ3v) is 6.12. The number of fused-ring (bicyclic) bond motifs is 1. The largest absolute Gasteiger partial charge is 0.337 e. The van der Waals surface area contributed by atoms with Crippen LogP contribution in [0.2, 0.25) is 0 Å². The number of amides is 1. The van der Waals surface area contributed by atoms with E-state index < -0.39 is 4.92 Å². The molecule has 130 valence electrons. The minimum atomic E-state index is -0.435. The van der Waals surface area contributed by atoms with Crippen molar-refractivity contribution in [1.29, 1.82) is 0 Å². The monoisotopic (exact) mass is 358 g/mol. The van der Waals surface area contributed by atoms with E-state index in [1.807, 2.05) is 4.90 Å². The summed E-state index contributed by atoms with van der Waals surface area (Å²) in [4.78, 5) is 29.5. The molecule has 7 nitrogen and oxygen atoms in total. The number of thiazole rings is 1. The fourth-order valence-corrected chi connectivity index (χ4v) is 4.68. The van der Waals surface area contributed by atoms with E-state index in [-0.39, 0.29) is 17.6 Å². The summed E-state index contributed by atoms with van der Waals surface area (Å²) < 4.78 is 0. The molecule has 1 aliphatic heterocycles. The lowest BCUT2D eigenvalue weighted by molar-refractivity contribution is -0.384. The molecule has 4 rings (SSSR count). The van der Waals surface area contributed by atoms with Crippen molar-refractivity contribution in [3.8, 4) is 10.6 Å². The molecule has 1 aromatic carbocycles. The average Bonchev–Trinajstić information content (AvgIpc) is 3.32. The molecule has 0 spiro atoms. The van der Waals surface area contributed by atoms with Gasteiger partial charge in [0.05, 0.1) is 4.92 Å². The molecule has 2 heterocycles. The number of nitro groups is 1. The summed E-state index contributed by atoms with van der Waals surface area (Å²) in [6.07, 6.45) is 2.14. The van der Waals surface area contributed by atoms with Crippen LogP contribution in [0.15, 0.2) is 29.6 Å². The van der Waals surface area contributed by atoms with Crippen LogP contribution < -0.4 is 5.73 Å². The van der Waals surface area contributed by atoms with Gasteiger partial charge in [0, 0.05) is 42.2 Å². The second-order valence-corrected chi connectivity index (χ2v) is 7.58. The van der Waals surface area contributed by atoms with Crippen molar-refractivity contribution in [3.63, 3.8) is 0 Å². The molecule has 2 aromatic rings. The smallest absolute Gasteiger partial charge is 0.273 e. The Labute approximate surface area is 148 Å². The van der Waals surface area contributed by atoms with Crippen LogP contribution in [0.1, 0.15) is 23.3 Å². The number of rotatable bonds is 3. The highest BCUT2D eigenvalue weighted by Crippen LogP contribution is 2.38. The zero-order valence-electron chi connectivity index (χ0n) is 13.5. The molecular weight excluding hydrogens is 340 g/mol. The molecule has 1 amide bonds. The number of nitrogens with zero attached hydrogens (tertiary/aromatic N) is 3. The maximum Gasteiger partial charge on any atom is 0.273 e. The molecule has 3 atom stereocenters. The Balaban J connectivity index is 1.52. The molecule has 25 heavy (non-hydrogen) atoms. The van der Waals surface area contributed by atoms with Gasteiger partial charge in [0.2, 0.25) is 0 Å². The topological polar surface area (TPSA) is 102 Å². The highest BCUT2D eigenvalue weighted by molar-refractivity contribution is 7.13. The van der Waals surface area contributed by atoms with Crippen LogP contribution in [0.25, 0.3) is 10.6 Å². The zero-order valence-corrected chi connectivity index (χ0v) is 14.3. The van der Waals surface area contributed by atoms with Crippen molar-refractivity contribution >= 4 is 22.9 Å². The van der Waals surface area contributed by atoms with Crippen molar-refractivity contribution in [1.82, 2.24) is 9.88 Å². The van der Waals surface area contributed by atoms with Crippen molar-refractivity contribution in [2.24, 2.45) is 17.6 Å². The van der Waals surface area contributed by atoms with Crippen LogP contribution in [-0.2, 0) is 0 Å². The number of hydrogen-bond donors (Lipinski definition) is 1. The van der Waals surface area contributed by atoms with E-state index in [0.29, 0.717) is 34.6 Å². The number of carbonyl (C=O) groups is 1. The number of benzene rings is 1. The summed E-state index contributed by atoms with van der Waals surface area (Å²) in [5.41, 5.74) is 7.20. The average molecular weight is 358 g/mol. The molecule has 2 N–H and O–H groups in total. The van der Waals surface area contributed by atoms with Gasteiger partial charge >= 0.3 is 0 Å². The Morgan fingerprint density at radius 2 is 2.20 bits per heavy atom. The van der Waals surface area contributed by atoms with E-state index >= 15 is 0 Å². The Morgan fingerprint density at radius 3 is 2.96 bits per heavy atom. The lowest BCUT2D eigenvalue weighted by Crippen LogP contribution is -2.33. The van der Waals surface area contributed by atoms with Gasteiger partial charge in [0.1, 0.15) is 10.7 Å². The minimum absolute atomic E-state index is 0.0157. The van der Waals surface area contributed by atoms with Crippen LogP contribution in [0.3, 0.4) is 0 Å². The third-order valence-electron chi connectivity index (χ3n) is 5.23. The van der Waals surface area contributed by atoms with Crippen LogP contribution >= 0.6 is 11.3 Å². The van der Waals surface area contributed by atoms with E-state index in [0.717, 1.165) is 19.4 Å². The zero-order chi connectivity index (χ0) is 17.6. The first-order valence-corrected chi connectivity index (χ1v) is 9.16. The fourth-order valence-electron chi connectivity index (χ4n) is 3.89. The fraction of sp³-hybridized carbons (Fsp3) is 0.412. The molecule has 3 unspecified atom stereocenters. The number of nitro benzene ring substituents is 1. The predicted octanol–water partition coefficient (Wildman–Crippen LogP) is 2.53. The standard InChI is InChI=1S/C17H18N4O3S/c18-14-5-4-11-7-20(8-13(11)14)17(22)15-9-25-16(19-15)10-2-1-3-12(6-10)21(23)24/h1-3,6,9,11,13-14H,4-5,7-8,18H2. The third kappa shape index (κ3) is 2.91. The van der Waals surface area contributed by atoms with Gasteiger partial charge in [-0.2, -0.15) is 0 Å². The Bertz CT molecular complexity index is 837. The number of carbonyl (C=O) groups excluding carboxylic acids is 1. The van der Waals surface area contributed by atoms with Gasteiger partial charge in [-0.25, -0.2) is 4.98 Å².